The lowest BCUT2D eigenvalue weighted by Gasteiger charge is -2.26. The molecule has 0 spiro atoms. The van der Waals surface area contributed by atoms with Gasteiger partial charge in [-0.3, -0.25) is 4.98 Å². The van der Waals surface area contributed by atoms with Crippen LogP contribution in [-0.2, 0) is 0 Å². The summed E-state index contributed by atoms with van der Waals surface area (Å²) in [5.74, 6) is 0.643. The van der Waals surface area contributed by atoms with Crippen LogP contribution in [0.15, 0.2) is 12.1 Å². The second-order valence-corrected chi connectivity index (χ2v) is 4.94. The first-order chi connectivity index (χ1) is 8.10. The monoisotopic (exact) mass is 234 g/mol. The van der Waals surface area contributed by atoms with Crippen LogP contribution in [0.1, 0.15) is 56.6 Å². The number of nitrogens with zero attached hydrogens (tertiary/aromatic N) is 1. The molecule has 2 unspecified atom stereocenters. The fourth-order valence-corrected chi connectivity index (χ4v) is 2.18. The van der Waals surface area contributed by atoms with Gasteiger partial charge in [-0.25, -0.2) is 0 Å². The van der Waals surface area contributed by atoms with Gasteiger partial charge in [-0.15, -0.1) is 0 Å². The molecule has 2 heteroatoms. The van der Waals surface area contributed by atoms with Crippen LogP contribution in [0.3, 0.4) is 0 Å². The van der Waals surface area contributed by atoms with E-state index in [1.807, 2.05) is 0 Å². The molecule has 1 N–H and O–H groups in total. The molecule has 0 amide bonds. The Hall–Kier alpha value is -0.890. The molecule has 17 heavy (non-hydrogen) atoms. The fraction of sp³-hybridized carbons (Fsp3) is 0.667. The zero-order valence-corrected chi connectivity index (χ0v) is 11.9. The normalized spacial score (nSPS) is 14.6. The van der Waals surface area contributed by atoms with Crippen LogP contribution in [0, 0.1) is 19.8 Å². The molecular formula is C15H26N2. The number of hydrogen-bond donors (Lipinski definition) is 1. The van der Waals surface area contributed by atoms with Crippen molar-refractivity contribution in [2.75, 3.05) is 6.54 Å². The number of aromatic nitrogens is 1. The maximum absolute atomic E-state index is 4.58. The summed E-state index contributed by atoms with van der Waals surface area (Å²) in [5, 5.41) is 3.66. The summed E-state index contributed by atoms with van der Waals surface area (Å²) in [5.41, 5.74) is 3.63. The van der Waals surface area contributed by atoms with Crippen LogP contribution in [0.2, 0.25) is 0 Å². The molecule has 0 fully saturated rings. The van der Waals surface area contributed by atoms with Crippen molar-refractivity contribution in [3.05, 3.63) is 29.1 Å². The van der Waals surface area contributed by atoms with E-state index in [1.165, 1.54) is 24.1 Å². The SMILES string of the molecule is CCCNC(c1ccc(C)nc1C)C(C)CC. The van der Waals surface area contributed by atoms with E-state index in [9.17, 15) is 0 Å². The first kappa shape index (κ1) is 14.2. The molecule has 1 rings (SSSR count). The van der Waals surface area contributed by atoms with E-state index in [4.69, 9.17) is 0 Å². The molecule has 96 valence electrons. The van der Waals surface area contributed by atoms with Gasteiger partial charge in [0.15, 0.2) is 0 Å². The van der Waals surface area contributed by atoms with E-state index < -0.39 is 0 Å². The van der Waals surface area contributed by atoms with Gasteiger partial charge in [0.1, 0.15) is 0 Å². The molecule has 2 atom stereocenters. The predicted molar refractivity (Wildman–Crippen MR) is 74.2 cm³/mol. The van der Waals surface area contributed by atoms with Crippen LogP contribution in [0.4, 0.5) is 0 Å². The van der Waals surface area contributed by atoms with Crippen molar-refractivity contribution in [2.24, 2.45) is 5.92 Å². The predicted octanol–water partition coefficient (Wildman–Crippen LogP) is 3.79. The van der Waals surface area contributed by atoms with E-state index in [-0.39, 0.29) is 0 Å². The van der Waals surface area contributed by atoms with Crippen molar-refractivity contribution in [3.63, 3.8) is 0 Å². The van der Waals surface area contributed by atoms with Gasteiger partial charge in [0.05, 0.1) is 0 Å². The van der Waals surface area contributed by atoms with E-state index >= 15 is 0 Å². The third kappa shape index (κ3) is 3.81. The highest BCUT2D eigenvalue weighted by atomic mass is 14.9. The Labute approximate surface area is 106 Å². The highest BCUT2D eigenvalue weighted by Gasteiger charge is 2.19. The fourth-order valence-electron chi connectivity index (χ4n) is 2.18. The zero-order valence-electron chi connectivity index (χ0n) is 11.9. The highest BCUT2D eigenvalue weighted by Crippen LogP contribution is 2.26. The number of aryl methyl sites for hydroxylation is 2. The van der Waals surface area contributed by atoms with Crippen molar-refractivity contribution in [2.45, 2.75) is 53.5 Å². The van der Waals surface area contributed by atoms with Crippen LogP contribution in [0.25, 0.3) is 0 Å². The molecule has 2 nitrogen and oxygen atoms in total. The molecule has 0 saturated heterocycles. The smallest absolute Gasteiger partial charge is 0.0423 e. The molecule has 0 radical (unpaired) electrons. The maximum Gasteiger partial charge on any atom is 0.0423 e. The van der Waals surface area contributed by atoms with Gasteiger partial charge in [-0.05, 0) is 44.4 Å². The quantitative estimate of drug-likeness (QED) is 0.810. The summed E-state index contributed by atoms with van der Waals surface area (Å²) < 4.78 is 0. The first-order valence-electron chi connectivity index (χ1n) is 6.77. The van der Waals surface area contributed by atoms with Crippen LogP contribution in [0.5, 0.6) is 0 Å². The van der Waals surface area contributed by atoms with Crippen molar-refractivity contribution in [3.8, 4) is 0 Å². The first-order valence-corrected chi connectivity index (χ1v) is 6.77. The lowest BCUT2D eigenvalue weighted by atomic mass is 9.91. The molecule has 0 aliphatic rings. The minimum atomic E-state index is 0.438. The molecule has 1 aromatic heterocycles. The summed E-state index contributed by atoms with van der Waals surface area (Å²) in [4.78, 5) is 4.58. The zero-order chi connectivity index (χ0) is 12.8. The van der Waals surface area contributed by atoms with E-state index in [2.05, 4.69) is 57.1 Å². The second-order valence-electron chi connectivity index (χ2n) is 4.94. The van der Waals surface area contributed by atoms with Crippen LogP contribution in [-0.4, -0.2) is 11.5 Å². The Bertz CT molecular complexity index is 347. The Kier molecular flexibility index (Phi) is 5.63. The largest absolute Gasteiger partial charge is 0.310 e. The van der Waals surface area contributed by atoms with E-state index in [0.29, 0.717) is 12.0 Å². The Morgan fingerprint density at radius 3 is 2.47 bits per heavy atom. The Morgan fingerprint density at radius 2 is 1.94 bits per heavy atom. The second kappa shape index (κ2) is 6.75. The molecule has 0 aliphatic carbocycles. The number of nitrogens with one attached hydrogen (secondary N) is 1. The average Bonchev–Trinajstić information content (AvgIpc) is 2.31. The van der Waals surface area contributed by atoms with E-state index in [0.717, 1.165) is 12.2 Å². The highest BCUT2D eigenvalue weighted by molar-refractivity contribution is 5.25. The minimum Gasteiger partial charge on any atom is -0.310 e. The summed E-state index contributed by atoms with van der Waals surface area (Å²) in [7, 11) is 0. The summed E-state index contributed by atoms with van der Waals surface area (Å²) >= 11 is 0. The van der Waals surface area contributed by atoms with Gasteiger partial charge in [-0.1, -0.05) is 33.3 Å². The Morgan fingerprint density at radius 1 is 1.24 bits per heavy atom. The standard InChI is InChI=1S/C15H26N2/c1-6-10-16-15(11(3)7-2)14-9-8-12(4)17-13(14)5/h8-9,11,15-16H,6-7,10H2,1-5H3. The molecule has 0 bridgehead atoms. The lowest BCUT2D eigenvalue weighted by molar-refractivity contribution is 0.375. The summed E-state index contributed by atoms with van der Waals surface area (Å²) in [6.07, 6.45) is 2.36. The third-order valence-electron chi connectivity index (χ3n) is 3.43. The number of hydrogen-bond acceptors (Lipinski definition) is 2. The molecule has 1 heterocycles. The lowest BCUT2D eigenvalue weighted by Crippen LogP contribution is -2.28. The molecule has 0 saturated carbocycles. The van der Waals surface area contributed by atoms with Crippen molar-refractivity contribution in [1.29, 1.82) is 0 Å². The number of rotatable bonds is 6. The summed E-state index contributed by atoms with van der Waals surface area (Å²) in [6, 6.07) is 4.79. The third-order valence-corrected chi connectivity index (χ3v) is 3.43. The molecular weight excluding hydrogens is 208 g/mol. The molecule has 0 aliphatic heterocycles. The van der Waals surface area contributed by atoms with Gasteiger partial charge in [0.25, 0.3) is 0 Å². The van der Waals surface area contributed by atoms with E-state index in [1.54, 1.807) is 0 Å². The average molecular weight is 234 g/mol. The van der Waals surface area contributed by atoms with Gasteiger partial charge >= 0.3 is 0 Å². The van der Waals surface area contributed by atoms with Crippen LogP contribution >= 0.6 is 0 Å². The van der Waals surface area contributed by atoms with Crippen molar-refractivity contribution >= 4 is 0 Å². The molecule has 0 aromatic carbocycles. The Balaban J connectivity index is 2.95. The molecule has 1 aromatic rings. The van der Waals surface area contributed by atoms with Gasteiger partial charge < -0.3 is 5.32 Å². The maximum atomic E-state index is 4.58. The van der Waals surface area contributed by atoms with Gasteiger partial charge in [0.2, 0.25) is 0 Å². The summed E-state index contributed by atoms with van der Waals surface area (Å²) in [6.45, 7) is 12.0. The topological polar surface area (TPSA) is 24.9 Å². The van der Waals surface area contributed by atoms with Crippen molar-refractivity contribution in [1.82, 2.24) is 10.3 Å². The minimum absolute atomic E-state index is 0.438. The van der Waals surface area contributed by atoms with Crippen molar-refractivity contribution < 1.29 is 0 Å². The van der Waals surface area contributed by atoms with Gasteiger partial charge in [-0.2, -0.15) is 0 Å². The van der Waals surface area contributed by atoms with Gasteiger partial charge in [0, 0.05) is 17.4 Å². The number of pyridine rings is 1. The van der Waals surface area contributed by atoms with Crippen LogP contribution < -0.4 is 5.32 Å².